The van der Waals surface area contributed by atoms with Crippen LogP contribution in [-0.4, -0.2) is 14.9 Å². The molecule has 1 aromatic heterocycles. The zero-order valence-electron chi connectivity index (χ0n) is 10.2. The maximum Gasteiger partial charge on any atom is 0.151 e. The molecule has 1 aromatic carbocycles. The van der Waals surface area contributed by atoms with Crippen molar-refractivity contribution >= 4 is 0 Å². The monoisotopic (exact) mass is 252 g/mol. The van der Waals surface area contributed by atoms with Gasteiger partial charge in [0.2, 0.25) is 0 Å². The highest BCUT2D eigenvalue weighted by Crippen LogP contribution is 2.24. The fourth-order valence-electron chi connectivity index (χ4n) is 1.60. The number of benzene rings is 1. The van der Waals surface area contributed by atoms with Gasteiger partial charge >= 0.3 is 0 Å². The first-order valence-corrected chi connectivity index (χ1v) is 5.67. The lowest BCUT2D eigenvalue weighted by molar-refractivity contribution is 0.0530. The highest BCUT2D eigenvalue weighted by molar-refractivity contribution is 5.34. The van der Waals surface area contributed by atoms with Crippen molar-refractivity contribution in [3.8, 4) is 5.69 Å². The van der Waals surface area contributed by atoms with Gasteiger partial charge < -0.3 is 5.11 Å². The smallest absolute Gasteiger partial charge is 0.151 e. The highest BCUT2D eigenvalue weighted by Gasteiger charge is 2.22. The Kier molecular flexibility index (Phi) is 3.17. The van der Waals surface area contributed by atoms with Gasteiger partial charge in [0.15, 0.2) is 5.82 Å². The molecule has 1 heterocycles. The second-order valence-corrected chi connectivity index (χ2v) is 4.40. The standard InChI is InChI=1S/C13H14F2N2O/c1-3-13(2,18)9-7-16-17(8-9)12-5-4-10(14)6-11(12)15/h4-8,18H,3H2,1-2H3. The Hall–Kier alpha value is -1.75. The maximum absolute atomic E-state index is 13.6. The van der Waals surface area contributed by atoms with Crippen molar-refractivity contribution in [2.75, 3.05) is 0 Å². The average molecular weight is 252 g/mol. The number of hydrogen-bond donors (Lipinski definition) is 1. The molecule has 0 aliphatic heterocycles. The van der Waals surface area contributed by atoms with E-state index in [4.69, 9.17) is 0 Å². The van der Waals surface area contributed by atoms with Crippen molar-refractivity contribution < 1.29 is 13.9 Å². The van der Waals surface area contributed by atoms with Gasteiger partial charge in [0.05, 0.1) is 11.8 Å². The summed E-state index contributed by atoms with van der Waals surface area (Å²) in [5, 5.41) is 14.0. The second kappa shape index (κ2) is 4.49. The molecule has 1 atom stereocenters. The van der Waals surface area contributed by atoms with Gasteiger partial charge in [-0.1, -0.05) is 6.92 Å². The molecule has 18 heavy (non-hydrogen) atoms. The van der Waals surface area contributed by atoms with Crippen molar-refractivity contribution in [2.24, 2.45) is 0 Å². The van der Waals surface area contributed by atoms with Gasteiger partial charge in [-0.2, -0.15) is 5.10 Å². The molecule has 0 aliphatic carbocycles. The number of nitrogens with zero attached hydrogens (tertiary/aromatic N) is 2. The molecule has 1 N–H and O–H groups in total. The van der Waals surface area contributed by atoms with E-state index in [-0.39, 0.29) is 5.69 Å². The van der Waals surface area contributed by atoms with Gasteiger partial charge in [-0.05, 0) is 25.5 Å². The quantitative estimate of drug-likeness (QED) is 0.912. The normalized spacial score (nSPS) is 14.5. The van der Waals surface area contributed by atoms with Crippen LogP contribution in [0.3, 0.4) is 0 Å². The Bertz CT molecular complexity index is 564. The van der Waals surface area contributed by atoms with Crippen LogP contribution in [-0.2, 0) is 5.60 Å². The van der Waals surface area contributed by atoms with E-state index < -0.39 is 17.2 Å². The number of aliphatic hydroxyl groups is 1. The van der Waals surface area contributed by atoms with Crippen LogP contribution in [0.5, 0.6) is 0 Å². The van der Waals surface area contributed by atoms with Crippen LogP contribution >= 0.6 is 0 Å². The van der Waals surface area contributed by atoms with Crippen molar-refractivity contribution in [3.63, 3.8) is 0 Å². The molecule has 0 radical (unpaired) electrons. The SMILES string of the molecule is CCC(C)(O)c1cnn(-c2ccc(F)cc2F)c1. The number of aromatic nitrogens is 2. The van der Waals surface area contributed by atoms with Crippen molar-refractivity contribution in [1.82, 2.24) is 9.78 Å². The molecule has 2 rings (SSSR count). The first kappa shape index (κ1) is 12.7. The fraction of sp³-hybridized carbons (Fsp3) is 0.308. The minimum absolute atomic E-state index is 0.148. The summed E-state index contributed by atoms with van der Waals surface area (Å²) in [6, 6.07) is 3.27. The summed E-state index contributed by atoms with van der Waals surface area (Å²) < 4.78 is 27.6. The first-order valence-electron chi connectivity index (χ1n) is 5.67. The third-order valence-corrected chi connectivity index (χ3v) is 3.05. The molecule has 0 spiro atoms. The minimum atomic E-state index is -1.01. The minimum Gasteiger partial charge on any atom is -0.385 e. The van der Waals surface area contributed by atoms with E-state index in [0.29, 0.717) is 12.0 Å². The molecular formula is C13H14F2N2O. The van der Waals surface area contributed by atoms with Crippen molar-refractivity contribution in [3.05, 3.63) is 47.8 Å². The van der Waals surface area contributed by atoms with Gasteiger partial charge in [0.1, 0.15) is 11.5 Å². The van der Waals surface area contributed by atoms with Gasteiger partial charge in [-0.15, -0.1) is 0 Å². The summed E-state index contributed by atoms with van der Waals surface area (Å²) in [7, 11) is 0. The van der Waals surface area contributed by atoms with E-state index in [0.717, 1.165) is 12.1 Å². The Labute approximate surface area is 104 Å². The molecule has 0 bridgehead atoms. The van der Waals surface area contributed by atoms with Crippen molar-refractivity contribution in [2.45, 2.75) is 25.9 Å². The van der Waals surface area contributed by atoms with Crippen LogP contribution in [0, 0.1) is 11.6 Å². The lowest BCUT2D eigenvalue weighted by Gasteiger charge is -2.18. The molecule has 0 fully saturated rings. The van der Waals surface area contributed by atoms with Crippen molar-refractivity contribution in [1.29, 1.82) is 0 Å². The number of rotatable bonds is 3. The molecule has 96 valence electrons. The topological polar surface area (TPSA) is 38.1 Å². The zero-order valence-corrected chi connectivity index (χ0v) is 10.2. The summed E-state index contributed by atoms with van der Waals surface area (Å²) in [4.78, 5) is 0. The molecule has 5 heteroatoms. The van der Waals surface area contributed by atoms with E-state index in [2.05, 4.69) is 5.10 Å². The largest absolute Gasteiger partial charge is 0.385 e. The van der Waals surface area contributed by atoms with Gasteiger partial charge in [0, 0.05) is 17.8 Å². The van der Waals surface area contributed by atoms with Crippen LogP contribution in [0.2, 0.25) is 0 Å². The molecule has 0 saturated heterocycles. The summed E-state index contributed by atoms with van der Waals surface area (Å²) in [5.74, 6) is -1.33. The molecule has 0 saturated carbocycles. The fourth-order valence-corrected chi connectivity index (χ4v) is 1.60. The van der Waals surface area contributed by atoms with Crippen LogP contribution in [0.25, 0.3) is 5.69 Å². The van der Waals surface area contributed by atoms with Crippen LogP contribution < -0.4 is 0 Å². The summed E-state index contributed by atoms with van der Waals surface area (Å²) in [6.45, 7) is 3.51. The lowest BCUT2D eigenvalue weighted by atomic mass is 9.97. The molecule has 1 unspecified atom stereocenters. The van der Waals surface area contributed by atoms with Crippen LogP contribution in [0.15, 0.2) is 30.6 Å². The Morgan fingerprint density at radius 3 is 2.72 bits per heavy atom. The van der Waals surface area contributed by atoms with Gasteiger partial charge in [-0.3, -0.25) is 0 Å². The number of halogens is 2. The third kappa shape index (κ3) is 2.26. The van der Waals surface area contributed by atoms with E-state index in [1.807, 2.05) is 6.92 Å². The van der Waals surface area contributed by atoms with Gasteiger partial charge in [0.25, 0.3) is 0 Å². The van der Waals surface area contributed by atoms with E-state index in [9.17, 15) is 13.9 Å². The Morgan fingerprint density at radius 2 is 2.11 bits per heavy atom. The molecule has 3 nitrogen and oxygen atoms in total. The van der Waals surface area contributed by atoms with E-state index >= 15 is 0 Å². The first-order chi connectivity index (χ1) is 8.44. The Balaban J connectivity index is 2.41. The Morgan fingerprint density at radius 1 is 1.39 bits per heavy atom. The van der Waals surface area contributed by atoms with Crippen LogP contribution in [0.4, 0.5) is 8.78 Å². The van der Waals surface area contributed by atoms with Crippen LogP contribution in [0.1, 0.15) is 25.8 Å². The van der Waals surface area contributed by atoms with Gasteiger partial charge in [-0.25, -0.2) is 13.5 Å². The molecular weight excluding hydrogens is 238 g/mol. The molecule has 2 aromatic rings. The second-order valence-electron chi connectivity index (χ2n) is 4.40. The molecule has 0 amide bonds. The zero-order chi connectivity index (χ0) is 13.3. The maximum atomic E-state index is 13.6. The third-order valence-electron chi connectivity index (χ3n) is 3.05. The number of hydrogen-bond acceptors (Lipinski definition) is 2. The predicted octanol–water partition coefficient (Wildman–Crippen LogP) is 2.77. The summed E-state index contributed by atoms with van der Waals surface area (Å²) in [5.41, 5.74) is -0.266. The lowest BCUT2D eigenvalue weighted by Crippen LogP contribution is -2.18. The summed E-state index contributed by atoms with van der Waals surface area (Å²) in [6.07, 6.45) is 3.54. The molecule has 0 aliphatic rings. The highest BCUT2D eigenvalue weighted by atomic mass is 19.1. The summed E-state index contributed by atoms with van der Waals surface area (Å²) >= 11 is 0. The van der Waals surface area contributed by atoms with E-state index in [1.54, 1.807) is 13.1 Å². The predicted molar refractivity (Wildman–Crippen MR) is 63.3 cm³/mol. The van der Waals surface area contributed by atoms with E-state index in [1.165, 1.54) is 16.9 Å². The average Bonchev–Trinajstić information content (AvgIpc) is 2.79.